The second-order valence-corrected chi connectivity index (χ2v) is 7.68. The van der Waals surface area contributed by atoms with E-state index < -0.39 is 0 Å². The summed E-state index contributed by atoms with van der Waals surface area (Å²) in [7, 11) is 1.60. The molecule has 0 bridgehead atoms. The van der Waals surface area contributed by atoms with Gasteiger partial charge in [0.1, 0.15) is 5.56 Å². The van der Waals surface area contributed by atoms with Crippen LogP contribution in [-0.2, 0) is 16.6 Å². The average molecular weight is 425 g/mol. The van der Waals surface area contributed by atoms with Gasteiger partial charge in [-0.05, 0) is 24.1 Å². The summed E-state index contributed by atoms with van der Waals surface area (Å²) < 4.78 is 1.36. The third-order valence-electron chi connectivity index (χ3n) is 5.52. The minimum absolute atomic E-state index is 0.0942. The number of carbonyl (C=O) groups is 3. The normalized spacial score (nSPS) is 18.1. The largest absolute Gasteiger partial charge is 0.354 e. The number of benzene rings is 1. The summed E-state index contributed by atoms with van der Waals surface area (Å²) in [5, 5.41) is 2.85. The maximum absolute atomic E-state index is 13.0. The van der Waals surface area contributed by atoms with Crippen molar-refractivity contribution < 1.29 is 14.4 Å². The fourth-order valence-corrected chi connectivity index (χ4v) is 3.87. The van der Waals surface area contributed by atoms with Crippen LogP contribution >= 0.6 is 0 Å². The number of hydrogen-bond donors (Lipinski definition) is 1. The highest BCUT2D eigenvalue weighted by Gasteiger charge is 2.27. The van der Waals surface area contributed by atoms with Gasteiger partial charge in [-0.1, -0.05) is 30.3 Å². The molecule has 164 valence electrons. The van der Waals surface area contributed by atoms with E-state index in [9.17, 15) is 19.2 Å². The Bertz CT molecular complexity index is 1000. The number of carbonyl (C=O) groups excluding carboxylic acids is 3. The van der Waals surface area contributed by atoms with Gasteiger partial charge in [-0.15, -0.1) is 0 Å². The van der Waals surface area contributed by atoms with Crippen molar-refractivity contribution in [3.63, 3.8) is 0 Å². The Kier molecular flexibility index (Phi) is 7.23. The van der Waals surface area contributed by atoms with Gasteiger partial charge in [-0.25, -0.2) is 0 Å². The first kappa shape index (κ1) is 22.3. The lowest BCUT2D eigenvalue weighted by molar-refractivity contribution is -0.132. The van der Waals surface area contributed by atoms with E-state index in [1.165, 1.54) is 17.6 Å². The van der Waals surface area contributed by atoms with E-state index >= 15 is 0 Å². The summed E-state index contributed by atoms with van der Waals surface area (Å²) in [5.41, 5.74) is 0.630. The van der Waals surface area contributed by atoms with Crippen molar-refractivity contribution in [2.45, 2.75) is 25.8 Å². The molecule has 1 aromatic carbocycles. The van der Waals surface area contributed by atoms with Crippen LogP contribution < -0.4 is 10.9 Å². The highest BCUT2D eigenvalue weighted by atomic mass is 16.2. The van der Waals surface area contributed by atoms with Crippen molar-refractivity contribution in [3.8, 4) is 0 Å². The van der Waals surface area contributed by atoms with E-state index in [1.54, 1.807) is 29.1 Å². The van der Waals surface area contributed by atoms with E-state index in [2.05, 4.69) is 5.32 Å². The van der Waals surface area contributed by atoms with Gasteiger partial charge in [-0.3, -0.25) is 19.2 Å². The molecule has 0 saturated carbocycles. The molecule has 1 aliphatic rings. The molecule has 8 nitrogen and oxygen atoms in total. The molecule has 1 aromatic heterocycles. The van der Waals surface area contributed by atoms with Gasteiger partial charge >= 0.3 is 0 Å². The molecule has 3 amide bonds. The molecule has 1 fully saturated rings. The zero-order valence-corrected chi connectivity index (χ0v) is 17.9. The zero-order valence-electron chi connectivity index (χ0n) is 17.9. The molecular formula is C23H28N4O4. The minimum Gasteiger partial charge on any atom is -0.354 e. The quantitative estimate of drug-likeness (QED) is 0.787. The van der Waals surface area contributed by atoms with Crippen LogP contribution in [0.2, 0.25) is 0 Å². The molecule has 8 heteroatoms. The monoisotopic (exact) mass is 424 g/mol. The summed E-state index contributed by atoms with van der Waals surface area (Å²) in [6.07, 6.45) is 2.29. The van der Waals surface area contributed by atoms with Crippen LogP contribution in [0.25, 0.3) is 0 Å². The molecular weight excluding hydrogens is 396 g/mol. The minimum atomic E-state index is -0.373. The summed E-state index contributed by atoms with van der Waals surface area (Å²) in [6, 6.07) is 12.3. The van der Waals surface area contributed by atoms with Gasteiger partial charge in [0.15, 0.2) is 0 Å². The Morgan fingerprint density at radius 1 is 1.00 bits per heavy atom. The molecule has 3 rings (SSSR count). The van der Waals surface area contributed by atoms with Gasteiger partial charge in [-0.2, -0.15) is 0 Å². The number of aromatic nitrogens is 1. The molecule has 2 heterocycles. The number of nitrogens with one attached hydrogen (secondary N) is 1. The molecule has 1 saturated heterocycles. The molecule has 1 aliphatic heterocycles. The Hall–Kier alpha value is -3.42. The maximum Gasteiger partial charge on any atom is 0.263 e. The molecule has 1 N–H and O–H groups in total. The molecule has 1 atom stereocenters. The Morgan fingerprint density at radius 3 is 2.45 bits per heavy atom. The number of amides is 3. The molecule has 0 aliphatic carbocycles. The summed E-state index contributed by atoms with van der Waals surface area (Å²) in [5.74, 6) is -0.690. The second-order valence-electron chi connectivity index (χ2n) is 7.68. The van der Waals surface area contributed by atoms with Crippen LogP contribution in [-0.4, -0.2) is 58.3 Å². The van der Waals surface area contributed by atoms with Crippen molar-refractivity contribution in [1.29, 1.82) is 0 Å². The lowest BCUT2D eigenvalue weighted by Gasteiger charge is -2.31. The van der Waals surface area contributed by atoms with E-state index in [4.69, 9.17) is 0 Å². The molecule has 31 heavy (non-hydrogen) atoms. The van der Waals surface area contributed by atoms with Crippen molar-refractivity contribution in [3.05, 3.63) is 70.1 Å². The van der Waals surface area contributed by atoms with Crippen LogP contribution in [0.5, 0.6) is 0 Å². The first-order chi connectivity index (χ1) is 14.9. The summed E-state index contributed by atoms with van der Waals surface area (Å²) >= 11 is 0. The Labute approximate surface area is 181 Å². The first-order valence-corrected chi connectivity index (χ1v) is 10.4. The van der Waals surface area contributed by atoms with E-state index in [-0.39, 0.29) is 47.9 Å². The van der Waals surface area contributed by atoms with E-state index in [1.807, 2.05) is 30.3 Å². The Balaban J connectivity index is 1.84. The van der Waals surface area contributed by atoms with Crippen molar-refractivity contribution >= 4 is 17.7 Å². The van der Waals surface area contributed by atoms with Crippen LogP contribution in [0.4, 0.5) is 0 Å². The predicted molar refractivity (Wildman–Crippen MR) is 116 cm³/mol. The standard InChI is InChI=1S/C23H28N4O4/c1-17(28)27-14-7-13-26(23(31)19-10-6-12-25(2)22(19)30)15-11-24-21(29)16-20(27)18-8-4-3-5-9-18/h3-6,8-10,12,20H,7,11,13-16H2,1-2H3,(H,24,29). The first-order valence-electron chi connectivity index (χ1n) is 10.4. The SMILES string of the molecule is CC(=O)N1CCCN(C(=O)c2cccn(C)c2=O)CCNC(=O)CC1c1ccccc1. The van der Waals surface area contributed by atoms with Crippen LogP contribution in [0.3, 0.4) is 0 Å². The van der Waals surface area contributed by atoms with Crippen molar-refractivity contribution in [2.24, 2.45) is 7.05 Å². The number of rotatable bonds is 2. The summed E-state index contributed by atoms with van der Waals surface area (Å²) in [4.78, 5) is 53.7. The average Bonchev–Trinajstić information content (AvgIpc) is 2.79. The van der Waals surface area contributed by atoms with Gasteiger partial charge in [0.2, 0.25) is 11.8 Å². The third kappa shape index (κ3) is 5.39. The van der Waals surface area contributed by atoms with Crippen molar-refractivity contribution in [2.75, 3.05) is 26.2 Å². The third-order valence-corrected chi connectivity index (χ3v) is 5.52. The Morgan fingerprint density at radius 2 is 1.74 bits per heavy atom. The number of hydrogen-bond acceptors (Lipinski definition) is 4. The highest BCUT2D eigenvalue weighted by molar-refractivity contribution is 5.93. The maximum atomic E-state index is 13.0. The van der Waals surface area contributed by atoms with E-state index in [0.717, 1.165) is 5.56 Å². The second kappa shape index (κ2) is 10.1. The lowest BCUT2D eigenvalue weighted by atomic mass is 10.0. The highest BCUT2D eigenvalue weighted by Crippen LogP contribution is 2.25. The lowest BCUT2D eigenvalue weighted by Crippen LogP contribution is -2.41. The van der Waals surface area contributed by atoms with Gasteiger partial charge in [0.25, 0.3) is 11.5 Å². The summed E-state index contributed by atoms with van der Waals surface area (Å²) in [6.45, 7) is 2.83. The fourth-order valence-electron chi connectivity index (χ4n) is 3.87. The number of pyridine rings is 1. The molecule has 0 radical (unpaired) electrons. The topological polar surface area (TPSA) is 91.7 Å². The van der Waals surface area contributed by atoms with Crippen LogP contribution in [0, 0.1) is 0 Å². The predicted octanol–water partition coefficient (Wildman–Crippen LogP) is 1.33. The van der Waals surface area contributed by atoms with Gasteiger partial charge < -0.3 is 19.7 Å². The van der Waals surface area contributed by atoms with Crippen LogP contribution in [0.15, 0.2) is 53.5 Å². The molecule has 2 aromatic rings. The van der Waals surface area contributed by atoms with Gasteiger partial charge in [0, 0.05) is 46.3 Å². The fraction of sp³-hybridized carbons (Fsp3) is 0.391. The number of nitrogens with zero attached hydrogens (tertiary/aromatic N) is 3. The zero-order chi connectivity index (χ0) is 22.4. The van der Waals surface area contributed by atoms with Crippen molar-refractivity contribution in [1.82, 2.24) is 19.7 Å². The van der Waals surface area contributed by atoms with E-state index in [0.29, 0.717) is 26.1 Å². The molecule has 1 unspecified atom stereocenters. The smallest absolute Gasteiger partial charge is 0.263 e. The number of aryl methyl sites for hydroxylation is 1. The van der Waals surface area contributed by atoms with Gasteiger partial charge in [0.05, 0.1) is 12.5 Å². The molecule has 0 spiro atoms. The van der Waals surface area contributed by atoms with Crippen LogP contribution in [0.1, 0.15) is 41.7 Å².